The van der Waals surface area contributed by atoms with Crippen LogP contribution in [-0.2, 0) is 11.3 Å². The number of nitrogens with one attached hydrogen (secondary N) is 1. The van der Waals surface area contributed by atoms with Crippen LogP contribution < -0.4 is 15.8 Å². The van der Waals surface area contributed by atoms with Crippen LogP contribution >= 0.6 is 24.0 Å². The van der Waals surface area contributed by atoms with Gasteiger partial charge in [-0.1, -0.05) is 6.07 Å². The second-order valence-corrected chi connectivity index (χ2v) is 6.70. The van der Waals surface area contributed by atoms with Gasteiger partial charge in [0.15, 0.2) is 5.96 Å². The Hall–Kier alpha value is -1.58. The van der Waals surface area contributed by atoms with Crippen LogP contribution in [0.5, 0.6) is 5.88 Å². The van der Waals surface area contributed by atoms with Crippen molar-refractivity contribution in [3.05, 3.63) is 23.9 Å². The molecule has 1 amide bonds. The van der Waals surface area contributed by atoms with E-state index in [-0.39, 0.29) is 36.0 Å². The summed E-state index contributed by atoms with van der Waals surface area (Å²) in [6, 6.07) is 3.88. The Morgan fingerprint density at radius 2 is 2.27 bits per heavy atom. The minimum absolute atomic E-state index is 0. The van der Waals surface area contributed by atoms with E-state index in [9.17, 15) is 4.79 Å². The van der Waals surface area contributed by atoms with Gasteiger partial charge in [-0.3, -0.25) is 9.79 Å². The number of pyridine rings is 1. The molecule has 1 aromatic rings. The summed E-state index contributed by atoms with van der Waals surface area (Å²) >= 11 is 0. The first-order valence-electron chi connectivity index (χ1n) is 8.83. The van der Waals surface area contributed by atoms with Gasteiger partial charge in [-0.25, -0.2) is 4.98 Å². The van der Waals surface area contributed by atoms with Crippen LogP contribution in [0.2, 0.25) is 0 Å². The number of hydrogen-bond donors (Lipinski definition) is 2. The fourth-order valence-electron chi connectivity index (χ4n) is 3.05. The summed E-state index contributed by atoms with van der Waals surface area (Å²) in [6.45, 7) is 6.34. The van der Waals surface area contributed by atoms with Crippen molar-refractivity contribution in [2.24, 2.45) is 16.6 Å². The maximum Gasteiger partial charge on any atom is 0.217 e. The highest BCUT2D eigenvalue weighted by Gasteiger charge is 2.23. The average molecular weight is 475 g/mol. The van der Waals surface area contributed by atoms with E-state index in [0.717, 1.165) is 37.5 Å². The van der Waals surface area contributed by atoms with Crippen LogP contribution in [-0.4, -0.2) is 48.0 Å². The van der Waals surface area contributed by atoms with Crippen LogP contribution in [0.25, 0.3) is 0 Å². The zero-order chi connectivity index (χ0) is 18.2. The van der Waals surface area contributed by atoms with Crippen molar-refractivity contribution in [1.29, 1.82) is 0 Å². The van der Waals surface area contributed by atoms with E-state index < -0.39 is 0 Å². The lowest BCUT2D eigenvalue weighted by Gasteiger charge is -2.34. The topological polar surface area (TPSA) is 92.8 Å². The molecular formula is C18H30IN5O2. The number of hydrogen-bond acceptors (Lipinski definition) is 4. The van der Waals surface area contributed by atoms with Crippen LogP contribution in [0.15, 0.2) is 23.3 Å². The van der Waals surface area contributed by atoms with Gasteiger partial charge in [0.25, 0.3) is 0 Å². The summed E-state index contributed by atoms with van der Waals surface area (Å²) in [5.41, 5.74) is 6.39. The van der Waals surface area contributed by atoms with Crippen molar-refractivity contribution in [3.63, 3.8) is 0 Å². The number of piperidine rings is 1. The molecule has 0 bridgehead atoms. The fourth-order valence-corrected chi connectivity index (χ4v) is 3.05. The fraction of sp³-hybridized carbons (Fsp3) is 0.611. The molecule has 1 unspecified atom stereocenters. The van der Waals surface area contributed by atoms with Gasteiger partial charge in [-0.15, -0.1) is 24.0 Å². The summed E-state index contributed by atoms with van der Waals surface area (Å²) in [5.74, 6) is 1.55. The normalized spacial score (nSPS) is 17.6. The Kier molecular flexibility index (Phi) is 9.68. The monoisotopic (exact) mass is 475 g/mol. The van der Waals surface area contributed by atoms with Crippen molar-refractivity contribution in [2.75, 3.05) is 20.1 Å². The van der Waals surface area contributed by atoms with Crippen LogP contribution in [0.4, 0.5) is 0 Å². The number of nitrogens with zero attached hydrogens (tertiary/aromatic N) is 3. The molecule has 1 fully saturated rings. The smallest absolute Gasteiger partial charge is 0.217 e. The molecule has 0 aromatic carbocycles. The largest absolute Gasteiger partial charge is 0.475 e. The summed E-state index contributed by atoms with van der Waals surface area (Å²) < 4.78 is 5.55. The Morgan fingerprint density at radius 1 is 1.50 bits per heavy atom. The third kappa shape index (κ3) is 7.35. The Labute approximate surface area is 172 Å². The number of carbonyl (C=O) groups excluding carboxylic acids is 1. The maximum absolute atomic E-state index is 11.2. The van der Waals surface area contributed by atoms with Crippen LogP contribution in [0, 0.1) is 5.92 Å². The lowest BCUT2D eigenvalue weighted by atomic mass is 9.95. The molecule has 0 radical (unpaired) electrons. The van der Waals surface area contributed by atoms with Gasteiger partial charge in [0.05, 0.1) is 6.10 Å². The molecule has 0 aliphatic carbocycles. The van der Waals surface area contributed by atoms with Gasteiger partial charge in [0, 0.05) is 45.4 Å². The molecule has 26 heavy (non-hydrogen) atoms. The average Bonchev–Trinajstić information content (AvgIpc) is 2.56. The predicted octanol–water partition coefficient (Wildman–Crippen LogP) is 2.15. The minimum atomic E-state index is -0.232. The molecule has 0 spiro atoms. The molecular weight excluding hydrogens is 445 g/mol. The van der Waals surface area contributed by atoms with Crippen LogP contribution in [0.1, 0.15) is 38.7 Å². The van der Waals surface area contributed by atoms with E-state index in [4.69, 9.17) is 10.5 Å². The molecule has 2 rings (SSSR count). The summed E-state index contributed by atoms with van der Waals surface area (Å²) in [5, 5.41) is 3.37. The van der Waals surface area contributed by atoms with E-state index in [1.807, 2.05) is 32.2 Å². The summed E-state index contributed by atoms with van der Waals surface area (Å²) in [6.07, 6.45) is 4.44. The van der Waals surface area contributed by atoms with Crippen molar-refractivity contribution < 1.29 is 9.53 Å². The lowest BCUT2D eigenvalue weighted by Crippen LogP contribution is -2.46. The highest BCUT2D eigenvalue weighted by molar-refractivity contribution is 14.0. The molecule has 2 heterocycles. The molecule has 0 saturated carbocycles. The summed E-state index contributed by atoms with van der Waals surface area (Å²) in [4.78, 5) is 22.0. The lowest BCUT2D eigenvalue weighted by molar-refractivity contribution is -0.119. The quantitative estimate of drug-likeness (QED) is 0.374. The van der Waals surface area contributed by atoms with Gasteiger partial charge >= 0.3 is 0 Å². The number of halogens is 1. The molecule has 1 saturated heterocycles. The Bertz CT molecular complexity index is 592. The third-order valence-corrected chi connectivity index (χ3v) is 4.12. The number of guanidine groups is 1. The van der Waals surface area contributed by atoms with Crippen molar-refractivity contribution in [1.82, 2.24) is 15.2 Å². The molecule has 3 N–H and O–H groups in total. The molecule has 1 aromatic heterocycles. The number of likely N-dealkylation sites (tertiary alicyclic amines) is 1. The maximum atomic E-state index is 11.2. The van der Waals surface area contributed by atoms with Gasteiger partial charge in [0.1, 0.15) is 0 Å². The molecule has 1 atom stereocenters. The van der Waals surface area contributed by atoms with E-state index in [0.29, 0.717) is 24.8 Å². The van der Waals surface area contributed by atoms with Crippen LogP contribution in [0.3, 0.4) is 0 Å². The number of amides is 1. The molecule has 146 valence electrons. The number of rotatable bonds is 6. The predicted molar refractivity (Wildman–Crippen MR) is 114 cm³/mol. The molecule has 7 nitrogen and oxygen atoms in total. The molecule has 8 heteroatoms. The van der Waals surface area contributed by atoms with Crippen molar-refractivity contribution in [3.8, 4) is 5.88 Å². The number of primary amides is 1. The molecule has 1 aliphatic rings. The van der Waals surface area contributed by atoms with E-state index in [2.05, 4.69) is 20.2 Å². The van der Waals surface area contributed by atoms with E-state index in [1.165, 1.54) is 0 Å². The number of nitrogens with two attached hydrogens (primary N) is 1. The first-order chi connectivity index (χ1) is 12.0. The Balaban J connectivity index is 0.00000338. The van der Waals surface area contributed by atoms with Crippen molar-refractivity contribution >= 4 is 35.8 Å². The molecule has 1 aliphatic heterocycles. The number of aliphatic imine (C=N–C) groups is 1. The van der Waals surface area contributed by atoms with E-state index >= 15 is 0 Å². The second-order valence-electron chi connectivity index (χ2n) is 6.70. The number of ether oxygens (including phenoxy) is 1. The third-order valence-electron chi connectivity index (χ3n) is 4.12. The van der Waals surface area contributed by atoms with Gasteiger partial charge in [-0.2, -0.15) is 0 Å². The van der Waals surface area contributed by atoms with E-state index in [1.54, 1.807) is 7.05 Å². The minimum Gasteiger partial charge on any atom is -0.475 e. The zero-order valence-corrected chi connectivity index (χ0v) is 18.1. The standard InChI is InChI=1S/C18H29N5O2.HI/c1-13(2)25-17-7-6-15(10-21-17)11-22-18(20-3)23-8-4-5-14(12-23)9-16(19)24;/h6-7,10,13-14H,4-5,8-9,11-12H2,1-3H3,(H2,19,24)(H,20,22);1H. The summed E-state index contributed by atoms with van der Waals surface area (Å²) in [7, 11) is 1.78. The first kappa shape index (κ1) is 22.5. The van der Waals surface area contributed by atoms with Crippen molar-refractivity contribution in [2.45, 2.75) is 45.8 Å². The van der Waals surface area contributed by atoms with Gasteiger partial charge < -0.3 is 20.7 Å². The van der Waals surface area contributed by atoms with Gasteiger partial charge in [-0.05, 0) is 38.2 Å². The zero-order valence-electron chi connectivity index (χ0n) is 15.8. The second kappa shape index (κ2) is 11.2. The number of carbonyl (C=O) groups is 1. The number of aromatic nitrogens is 1. The Morgan fingerprint density at radius 3 is 2.85 bits per heavy atom. The first-order valence-corrected chi connectivity index (χ1v) is 8.83. The highest BCUT2D eigenvalue weighted by Crippen LogP contribution is 2.19. The SMILES string of the molecule is CN=C(NCc1ccc(OC(C)C)nc1)N1CCCC(CC(N)=O)C1.I. The highest BCUT2D eigenvalue weighted by atomic mass is 127. The van der Waals surface area contributed by atoms with Gasteiger partial charge in [0.2, 0.25) is 11.8 Å².